The molecule has 3 amide bonds. The molecule has 3 aromatic rings. The Bertz CT molecular complexity index is 1570. The van der Waals surface area contributed by atoms with E-state index in [4.69, 9.17) is 14.0 Å². The van der Waals surface area contributed by atoms with Crippen molar-refractivity contribution >= 4 is 33.3 Å². The molecule has 1 aliphatic heterocycles. The van der Waals surface area contributed by atoms with Gasteiger partial charge in [-0.3, -0.25) is 9.52 Å². The Hall–Kier alpha value is -4.30. The minimum absolute atomic E-state index is 0.0453. The highest BCUT2D eigenvalue weighted by atomic mass is 32.2. The predicted octanol–water partition coefficient (Wildman–Crippen LogP) is 3.41. The number of fused-ring (bicyclic) bond motifs is 1. The second-order valence-electron chi connectivity index (χ2n) is 11.0. The largest absolute Gasteiger partial charge is 0.497 e. The zero-order chi connectivity index (χ0) is 32.2. The molecule has 14 heteroatoms. The maximum atomic E-state index is 13.5. The van der Waals surface area contributed by atoms with E-state index >= 15 is 0 Å². The third kappa shape index (κ3) is 7.42. The summed E-state index contributed by atoms with van der Waals surface area (Å²) in [5, 5.41) is 16.6. The second kappa shape index (κ2) is 13.6. The summed E-state index contributed by atoms with van der Waals surface area (Å²) in [6, 6.07) is 9.85. The molecule has 0 spiro atoms. The summed E-state index contributed by atoms with van der Waals surface area (Å²) in [7, 11) is -0.815. The Morgan fingerprint density at radius 1 is 1.23 bits per heavy atom. The maximum absolute atomic E-state index is 13.5. The number of carbonyl (C=O) groups is 2. The number of ether oxygens (including phenoxy) is 2. The van der Waals surface area contributed by atoms with E-state index in [1.54, 1.807) is 63.1 Å². The normalized spacial score (nSPS) is 17.8. The van der Waals surface area contributed by atoms with Crippen molar-refractivity contribution in [1.82, 2.24) is 15.0 Å². The zero-order valence-corrected chi connectivity index (χ0v) is 26.5. The molecule has 13 nitrogen and oxygen atoms in total. The van der Waals surface area contributed by atoms with Crippen molar-refractivity contribution in [3.63, 3.8) is 0 Å². The molecule has 0 saturated heterocycles. The number of anilines is 2. The second-order valence-corrected chi connectivity index (χ2v) is 12.7. The molecular weight excluding hydrogens is 590 g/mol. The van der Waals surface area contributed by atoms with Gasteiger partial charge in [-0.25, -0.2) is 13.2 Å². The summed E-state index contributed by atoms with van der Waals surface area (Å²) in [6.45, 7) is 7.30. The van der Waals surface area contributed by atoms with E-state index in [1.807, 2.05) is 6.92 Å². The average Bonchev–Trinajstić information content (AvgIpc) is 3.33. The first-order valence-electron chi connectivity index (χ1n) is 14.1. The van der Waals surface area contributed by atoms with Gasteiger partial charge in [-0.15, -0.1) is 0 Å². The van der Waals surface area contributed by atoms with Crippen molar-refractivity contribution in [3.8, 4) is 11.5 Å². The number of benzene rings is 2. The van der Waals surface area contributed by atoms with Crippen molar-refractivity contribution in [2.75, 3.05) is 43.9 Å². The fraction of sp³-hybridized carbons (Fsp3) is 0.433. The molecule has 1 aliphatic rings. The predicted molar refractivity (Wildman–Crippen MR) is 163 cm³/mol. The summed E-state index contributed by atoms with van der Waals surface area (Å²) in [5.74, 6) is 0.899. The van der Waals surface area contributed by atoms with Crippen LogP contribution in [0.4, 0.5) is 16.2 Å². The third-order valence-electron chi connectivity index (χ3n) is 7.60. The molecule has 0 aliphatic carbocycles. The average molecular weight is 630 g/mol. The fourth-order valence-electron chi connectivity index (χ4n) is 4.90. The monoisotopic (exact) mass is 629 g/mol. The van der Waals surface area contributed by atoms with E-state index in [0.29, 0.717) is 34.2 Å². The van der Waals surface area contributed by atoms with Gasteiger partial charge in [0.15, 0.2) is 5.76 Å². The quantitative estimate of drug-likeness (QED) is 0.322. The molecule has 4 rings (SSSR count). The van der Waals surface area contributed by atoms with Gasteiger partial charge in [-0.05, 0) is 63.2 Å². The van der Waals surface area contributed by atoms with E-state index in [2.05, 4.69) is 15.2 Å². The minimum atomic E-state index is -3.94. The van der Waals surface area contributed by atoms with Crippen LogP contribution in [0.25, 0.3) is 0 Å². The van der Waals surface area contributed by atoms with Gasteiger partial charge in [-0.1, -0.05) is 12.1 Å². The van der Waals surface area contributed by atoms with Crippen molar-refractivity contribution < 1.29 is 37.1 Å². The van der Waals surface area contributed by atoms with Gasteiger partial charge in [0.1, 0.15) is 29.0 Å². The van der Waals surface area contributed by atoms with Crippen molar-refractivity contribution in [2.45, 2.75) is 51.2 Å². The number of methoxy groups -OCH3 is 1. The summed E-state index contributed by atoms with van der Waals surface area (Å²) in [6.07, 6.45) is -0.644. The van der Waals surface area contributed by atoms with Crippen LogP contribution in [0.5, 0.6) is 11.5 Å². The van der Waals surface area contributed by atoms with E-state index in [-0.39, 0.29) is 48.5 Å². The van der Waals surface area contributed by atoms with E-state index < -0.39 is 28.2 Å². The van der Waals surface area contributed by atoms with Crippen LogP contribution in [-0.4, -0.2) is 86.4 Å². The molecule has 2 aromatic carbocycles. The smallest absolute Gasteiger partial charge is 0.321 e. The highest BCUT2D eigenvalue weighted by Crippen LogP contribution is 2.30. The number of nitrogens with zero attached hydrogens (tertiary/aromatic N) is 3. The minimum Gasteiger partial charge on any atom is -0.497 e. The van der Waals surface area contributed by atoms with Gasteiger partial charge in [-0.2, -0.15) is 0 Å². The number of likely N-dealkylation sites (N-methyl/N-ethyl adjacent to an activating group) is 1. The van der Waals surface area contributed by atoms with Crippen LogP contribution in [0.3, 0.4) is 0 Å². The molecular formula is C30H39N5O8S. The van der Waals surface area contributed by atoms with Crippen LogP contribution in [-0.2, 0) is 21.2 Å². The summed E-state index contributed by atoms with van der Waals surface area (Å²) >= 11 is 0. The number of hydrogen-bond acceptors (Lipinski definition) is 9. The van der Waals surface area contributed by atoms with Crippen LogP contribution in [0.1, 0.15) is 30.9 Å². The third-order valence-corrected chi connectivity index (χ3v) is 9.00. The Labute approximate surface area is 257 Å². The van der Waals surface area contributed by atoms with Crippen LogP contribution in [0, 0.1) is 19.8 Å². The van der Waals surface area contributed by atoms with Gasteiger partial charge < -0.3 is 34.2 Å². The van der Waals surface area contributed by atoms with Gasteiger partial charge in [0, 0.05) is 30.8 Å². The molecule has 238 valence electrons. The number of aliphatic hydroxyl groups is 1. The fourth-order valence-corrected chi connectivity index (χ4v) is 5.95. The van der Waals surface area contributed by atoms with Crippen LogP contribution in [0.2, 0.25) is 0 Å². The lowest BCUT2D eigenvalue weighted by atomic mass is 10.0. The number of aryl methyl sites for hydroxylation is 2. The van der Waals surface area contributed by atoms with E-state index in [0.717, 1.165) is 0 Å². The highest BCUT2D eigenvalue weighted by Gasteiger charge is 2.32. The number of sulfonamides is 1. The number of amides is 3. The Balaban J connectivity index is 1.62. The first-order chi connectivity index (χ1) is 20.8. The molecule has 3 atom stereocenters. The van der Waals surface area contributed by atoms with Crippen molar-refractivity contribution in [3.05, 3.63) is 59.5 Å². The molecule has 1 aromatic heterocycles. The van der Waals surface area contributed by atoms with Crippen molar-refractivity contribution in [2.24, 2.45) is 5.92 Å². The van der Waals surface area contributed by atoms with Gasteiger partial charge in [0.2, 0.25) is 5.91 Å². The molecule has 0 fully saturated rings. The highest BCUT2D eigenvalue weighted by molar-refractivity contribution is 7.92. The number of aliphatic hydroxyl groups excluding tert-OH is 1. The van der Waals surface area contributed by atoms with Gasteiger partial charge in [0.05, 0.1) is 37.6 Å². The first kappa shape index (κ1) is 32.6. The molecule has 2 heterocycles. The Morgan fingerprint density at radius 2 is 1.93 bits per heavy atom. The Kier molecular flexibility index (Phi) is 10.0. The standard InChI is InChI=1S/C30H39N5O8S/c1-18-15-35(19(2)17-36)28(37)14-22-13-23(33-44(39,40)25-10-8-24(41-6)9-11-25)7-12-26(22)42-27(18)16-34(5)30(38)31-29-20(3)32-43-21(29)4/h7-13,18-19,27,33,36H,14-17H2,1-6H3,(H,31,38)/t18-,19+,27-/m0/s1. The van der Waals surface area contributed by atoms with Crippen molar-refractivity contribution in [1.29, 1.82) is 0 Å². The molecule has 44 heavy (non-hydrogen) atoms. The topological polar surface area (TPSA) is 164 Å². The van der Waals surface area contributed by atoms with Crippen LogP contribution in [0.15, 0.2) is 51.9 Å². The van der Waals surface area contributed by atoms with Gasteiger partial charge in [0.25, 0.3) is 10.0 Å². The van der Waals surface area contributed by atoms with Gasteiger partial charge >= 0.3 is 6.03 Å². The number of rotatable bonds is 9. The van der Waals surface area contributed by atoms with Crippen LogP contribution < -0.4 is 19.5 Å². The molecule has 0 unspecified atom stereocenters. The summed E-state index contributed by atoms with van der Waals surface area (Å²) < 4.78 is 45.5. The lowest BCUT2D eigenvalue weighted by Crippen LogP contribution is -2.48. The lowest BCUT2D eigenvalue weighted by Gasteiger charge is -2.34. The lowest BCUT2D eigenvalue weighted by molar-refractivity contribution is -0.134. The molecule has 0 saturated carbocycles. The summed E-state index contributed by atoms with van der Waals surface area (Å²) in [5.41, 5.74) is 1.75. The molecule has 0 bridgehead atoms. The number of nitrogens with one attached hydrogen (secondary N) is 2. The number of carbonyl (C=O) groups excluding carboxylic acids is 2. The summed E-state index contributed by atoms with van der Waals surface area (Å²) in [4.78, 5) is 29.7. The number of aromatic nitrogens is 1. The number of hydrogen-bond donors (Lipinski definition) is 3. The van der Waals surface area contributed by atoms with E-state index in [9.17, 15) is 23.1 Å². The molecule has 3 N–H and O–H groups in total. The first-order valence-corrected chi connectivity index (χ1v) is 15.6. The Morgan fingerprint density at radius 3 is 2.55 bits per heavy atom. The number of urea groups is 1. The SMILES string of the molecule is COc1ccc(S(=O)(=O)Nc2ccc3c(c2)CC(=O)N([C@H](C)CO)C[C@H](C)[C@H](CN(C)C(=O)Nc2c(C)noc2C)O3)cc1. The zero-order valence-electron chi connectivity index (χ0n) is 25.7. The maximum Gasteiger partial charge on any atom is 0.321 e. The van der Waals surface area contributed by atoms with E-state index in [1.165, 1.54) is 24.1 Å². The van der Waals surface area contributed by atoms with Crippen LogP contribution >= 0.6 is 0 Å². The molecule has 0 radical (unpaired) electrons.